The van der Waals surface area contributed by atoms with Gasteiger partial charge in [0.15, 0.2) is 0 Å². The van der Waals surface area contributed by atoms with E-state index in [1.54, 1.807) is 36.3 Å². The molecule has 4 rings (SSSR count). The first kappa shape index (κ1) is 26.9. The first-order valence-electron chi connectivity index (χ1n) is 10.7. The van der Waals surface area contributed by atoms with Crippen molar-refractivity contribution in [2.24, 2.45) is 7.05 Å². The van der Waals surface area contributed by atoms with Crippen molar-refractivity contribution in [3.63, 3.8) is 0 Å². The summed E-state index contributed by atoms with van der Waals surface area (Å²) >= 11 is 0. The van der Waals surface area contributed by atoms with Crippen LogP contribution in [0.5, 0.6) is 0 Å². The van der Waals surface area contributed by atoms with Crippen LogP contribution in [0.25, 0.3) is 11.1 Å². The predicted octanol–water partition coefficient (Wildman–Crippen LogP) is 7.15. The van der Waals surface area contributed by atoms with E-state index >= 15 is 0 Å². The van der Waals surface area contributed by atoms with Gasteiger partial charge in [0.2, 0.25) is 0 Å². The highest BCUT2D eigenvalue weighted by atomic mass is 35.5. The highest BCUT2D eigenvalue weighted by molar-refractivity contribution is 5.85. The Hall–Kier alpha value is -3.67. The van der Waals surface area contributed by atoms with E-state index in [1.807, 2.05) is 37.3 Å². The van der Waals surface area contributed by atoms with Crippen molar-refractivity contribution in [1.29, 1.82) is 5.26 Å². The fraction of sp³-hybridized carbons (Fsp3) is 0.185. The van der Waals surface area contributed by atoms with Crippen molar-refractivity contribution < 1.29 is 22.3 Å². The molecule has 186 valence electrons. The number of ether oxygens (including phenoxy) is 1. The second kappa shape index (κ2) is 10.9. The Labute approximate surface area is 212 Å². The molecule has 0 saturated heterocycles. The molecule has 0 aliphatic rings. The van der Waals surface area contributed by atoms with Gasteiger partial charge < -0.3 is 9.30 Å². The van der Waals surface area contributed by atoms with E-state index in [-0.39, 0.29) is 24.6 Å². The van der Waals surface area contributed by atoms with Gasteiger partial charge in [-0.1, -0.05) is 36.4 Å². The number of benzene rings is 3. The number of hydrogen-bond acceptors (Lipinski definition) is 3. The van der Waals surface area contributed by atoms with Crippen molar-refractivity contribution in [3.05, 3.63) is 113 Å². The first-order chi connectivity index (χ1) is 16.7. The lowest BCUT2D eigenvalue weighted by atomic mass is 9.93. The lowest BCUT2D eigenvalue weighted by molar-refractivity contribution is -0.137. The van der Waals surface area contributed by atoms with Crippen LogP contribution in [0.15, 0.2) is 73.2 Å². The zero-order chi connectivity index (χ0) is 25.2. The fourth-order valence-corrected chi connectivity index (χ4v) is 3.91. The highest BCUT2D eigenvalue weighted by Gasteiger charge is 2.31. The van der Waals surface area contributed by atoms with Crippen LogP contribution >= 0.6 is 12.4 Å². The summed E-state index contributed by atoms with van der Waals surface area (Å²) in [4.78, 5) is 4.14. The Bertz CT molecular complexity index is 1410. The topological polar surface area (TPSA) is 50.8 Å². The molecule has 1 heterocycles. The molecule has 0 fully saturated rings. The third kappa shape index (κ3) is 5.59. The molecule has 1 aromatic heterocycles. The average molecular weight is 516 g/mol. The van der Waals surface area contributed by atoms with Crippen LogP contribution in [0, 0.1) is 24.1 Å². The maximum absolute atomic E-state index is 14.5. The molecule has 0 aliphatic carbocycles. The normalized spacial score (nSPS) is 12.0. The van der Waals surface area contributed by atoms with E-state index in [0.717, 1.165) is 28.8 Å². The molecule has 0 N–H and O–H groups in total. The van der Waals surface area contributed by atoms with Gasteiger partial charge in [-0.15, -0.1) is 12.4 Å². The molecule has 1 atom stereocenters. The Morgan fingerprint density at radius 3 is 2.42 bits per heavy atom. The molecule has 0 radical (unpaired) electrons. The van der Waals surface area contributed by atoms with Gasteiger partial charge in [0.05, 0.1) is 42.0 Å². The van der Waals surface area contributed by atoms with Crippen LogP contribution in [-0.2, 0) is 24.6 Å². The molecule has 1 unspecified atom stereocenters. The summed E-state index contributed by atoms with van der Waals surface area (Å²) in [6.07, 6.45) is -2.14. The summed E-state index contributed by atoms with van der Waals surface area (Å²) in [5.74, 6) is -0.996. The SMILES string of the molecule is Cc1ccccc1-c1cc(C(OCc2ccc(C(F)(F)F)cc2F)c2cncn2C)ccc1C#N.Cl. The number of hydrogen-bond donors (Lipinski definition) is 0. The van der Waals surface area contributed by atoms with Crippen LogP contribution in [-0.4, -0.2) is 9.55 Å². The average Bonchev–Trinajstić information content (AvgIpc) is 3.25. The standard InChI is InChI=1S/C27H21F4N3O.ClH/c1-17-5-3-4-6-22(17)23-11-18(7-8-19(23)13-32)26(25-14-33-16-34(25)2)35-15-20-9-10-21(12-24(20)28)27(29,30)31;/h3-12,14,16,26H,15H2,1-2H3;1H. The van der Waals surface area contributed by atoms with Gasteiger partial charge in [-0.2, -0.15) is 18.4 Å². The number of rotatable bonds is 6. The molecule has 0 bridgehead atoms. The van der Waals surface area contributed by atoms with Crippen LogP contribution < -0.4 is 0 Å². The largest absolute Gasteiger partial charge is 0.416 e. The molecule has 0 amide bonds. The first-order valence-corrected chi connectivity index (χ1v) is 10.7. The maximum atomic E-state index is 14.5. The lowest BCUT2D eigenvalue weighted by Gasteiger charge is -2.21. The van der Waals surface area contributed by atoms with Crippen molar-refractivity contribution >= 4 is 12.4 Å². The van der Waals surface area contributed by atoms with Gasteiger partial charge >= 0.3 is 6.18 Å². The van der Waals surface area contributed by atoms with Crippen molar-refractivity contribution in [2.75, 3.05) is 0 Å². The minimum Gasteiger partial charge on any atom is -0.362 e. The molecule has 4 aromatic rings. The highest BCUT2D eigenvalue weighted by Crippen LogP contribution is 2.34. The fourth-order valence-electron chi connectivity index (χ4n) is 3.91. The lowest BCUT2D eigenvalue weighted by Crippen LogP contribution is -2.12. The number of alkyl halides is 3. The maximum Gasteiger partial charge on any atom is 0.416 e. The molecular formula is C27H22ClF4N3O. The van der Waals surface area contributed by atoms with E-state index < -0.39 is 23.7 Å². The third-order valence-corrected chi connectivity index (χ3v) is 5.81. The Balaban J connectivity index is 0.00000361. The van der Waals surface area contributed by atoms with E-state index in [1.165, 1.54) is 0 Å². The van der Waals surface area contributed by atoms with Gasteiger partial charge in [0.25, 0.3) is 0 Å². The van der Waals surface area contributed by atoms with Crippen LogP contribution in [0.1, 0.15) is 39.6 Å². The molecule has 3 aromatic carbocycles. The van der Waals surface area contributed by atoms with Gasteiger partial charge in [-0.05, 0) is 47.9 Å². The molecule has 36 heavy (non-hydrogen) atoms. The second-order valence-corrected chi connectivity index (χ2v) is 8.16. The summed E-state index contributed by atoms with van der Waals surface area (Å²) in [5.41, 5.74) is 3.39. The van der Waals surface area contributed by atoms with E-state index in [9.17, 15) is 22.8 Å². The molecule has 0 spiro atoms. The van der Waals surface area contributed by atoms with Crippen LogP contribution in [0.2, 0.25) is 0 Å². The van der Waals surface area contributed by atoms with E-state index in [4.69, 9.17) is 4.74 Å². The summed E-state index contributed by atoms with van der Waals surface area (Å²) in [6.45, 7) is 1.69. The molecule has 0 aliphatic heterocycles. The second-order valence-electron chi connectivity index (χ2n) is 8.16. The number of aromatic nitrogens is 2. The predicted molar refractivity (Wildman–Crippen MR) is 130 cm³/mol. The zero-order valence-electron chi connectivity index (χ0n) is 19.4. The van der Waals surface area contributed by atoms with Gasteiger partial charge in [-0.3, -0.25) is 0 Å². The third-order valence-electron chi connectivity index (χ3n) is 5.81. The quantitative estimate of drug-likeness (QED) is 0.256. The summed E-state index contributed by atoms with van der Waals surface area (Å²) < 4.78 is 61.0. The van der Waals surface area contributed by atoms with E-state index in [0.29, 0.717) is 22.9 Å². The van der Waals surface area contributed by atoms with Gasteiger partial charge in [0, 0.05) is 18.2 Å². The Kier molecular flexibility index (Phi) is 8.18. The van der Waals surface area contributed by atoms with Crippen molar-refractivity contribution in [3.8, 4) is 17.2 Å². The Morgan fingerprint density at radius 1 is 1.06 bits per heavy atom. The molecule has 0 saturated carbocycles. The molecule has 9 heteroatoms. The van der Waals surface area contributed by atoms with Gasteiger partial charge in [0.1, 0.15) is 11.9 Å². The molecule has 4 nitrogen and oxygen atoms in total. The summed E-state index contributed by atoms with van der Waals surface area (Å²) in [5, 5.41) is 9.67. The minimum atomic E-state index is -4.63. The number of aryl methyl sites for hydroxylation is 2. The zero-order valence-corrected chi connectivity index (χ0v) is 20.2. The summed E-state index contributed by atoms with van der Waals surface area (Å²) in [7, 11) is 1.78. The molecular weight excluding hydrogens is 494 g/mol. The van der Waals surface area contributed by atoms with Crippen molar-refractivity contribution in [1.82, 2.24) is 9.55 Å². The van der Waals surface area contributed by atoms with E-state index in [2.05, 4.69) is 11.1 Å². The van der Waals surface area contributed by atoms with Gasteiger partial charge in [-0.25, -0.2) is 9.37 Å². The number of halogens is 5. The summed E-state index contributed by atoms with van der Waals surface area (Å²) in [6, 6.07) is 17.6. The van der Waals surface area contributed by atoms with Crippen LogP contribution in [0.4, 0.5) is 17.6 Å². The number of imidazole rings is 1. The number of nitrogens with zero attached hydrogens (tertiary/aromatic N) is 3. The van der Waals surface area contributed by atoms with Crippen molar-refractivity contribution in [2.45, 2.75) is 25.8 Å². The smallest absolute Gasteiger partial charge is 0.362 e. The Morgan fingerprint density at radius 2 is 1.81 bits per heavy atom. The van der Waals surface area contributed by atoms with Crippen LogP contribution in [0.3, 0.4) is 0 Å². The number of nitriles is 1. The monoisotopic (exact) mass is 515 g/mol. The minimum absolute atomic E-state index is 0.